The van der Waals surface area contributed by atoms with E-state index in [4.69, 9.17) is 4.74 Å². The van der Waals surface area contributed by atoms with Crippen LogP contribution in [-0.2, 0) is 16.1 Å². The van der Waals surface area contributed by atoms with Gasteiger partial charge in [0.05, 0.1) is 19.3 Å². The molecule has 0 aromatic heterocycles. The van der Waals surface area contributed by atoms with Gasteiger partial charge in [0.2, 0.25) is 0 Å². The molecule has 0 aliphatic carbocycles. The summed E-state index contributed by atoms with van der Waals surface area (Å²) in [7, 11) is 0. The highest BCUT2D eigenvalue weighted by Crippen LogP contribution is 2.30. The number of rotatable bonds is 4. The third kappa shape index (κ3) is 4.61. The number of benzene rings is 1. The van der Waals surface area contributed by atoms with Crippen molar-refractivity contribution < 1.29 is 9.29 Å². The van der Waals surface area contributed by atoms with Crippen LogP contribution in [0.1, 0.15) is 39.3 Å². The summed E-state index contributed by atoms with van der Waals surface area (Å²) in [6.07, 6.45) is 0. The van der Waals surface area contributed by atoms with Crippen molar-refractivity contribution in [3.63, 3.8) is 0 Å². The summed E-state index contributed by atoms with van der Waals surface area (Å²) in [6, 6.07) is 6.39. The van der Waals surface area contributed by atoms with Crippen LogP contribution in [0.15, 0.2) is 22.7 Å². The van der Waals surface area contributed by atoms with Gasteiger partial charge in [-0.05, 0) is 45.4 Å². The van der Waals surface area contributed by atoms with Crippen molar-refractivity contribution in [2.45, 2.75) is 38.5 Å². The number of nitrogens with one attached hydrogen (secondary N) is 1. The van der Waals surface area contributed by atoms with Gasteiger partial charge >= 0.3 is 0 Å². The van der Waals surface area contributed by atoms with E-state index in [1.54, 1.807) is 0 Å². The van der Waals surface area contributed by atoms with E-state index in [0.717, 1.165) is 36.3 Å². The molecule has 1 saturated heterocycles. The zero-order valence-corrected chi connectivity index (χ0v) is 16.1. The summed E-state index contributed by atoms with van der Waals surface area (Å²) in [5.41, 5.74) is 2.32. The highest BCUT2D eigenvalue weighted by molar-refractivity contribution is 9.10. The normalized spacial score (nSPS) is 19.1. The molecule has 2 rings (SSSR count). The molecular weight excluding hydrogens is 364 g/mol. The Morgan fingerprint density at radius 3 is 2.50 bits per heavy atom. The number of halogens is 1. The van der Waals surface area contributed by atoms with Crippen molar-refractivity contribution in [3.05, 3.63) is 28.2 Å². The van der Waals surface area contributed by atoms with E-state index < -0.39 is 11.4 Å². The lowest BCUT2D eigenvalue weighted by Crippen LogP contribution is -2.40. The molecule has 1 fully saturated rings. The van der Waals surface area contributed by atoms with E-state index >= 15 is 0 Å². The first-order valence-electron chi connectivity index (χ1n) is 7.59. The first-order valence-corrected chi connectivity index (χ1v) is 9.53. The summed E-state index contributed by atoms with van der Waals surface area (Å²) in [6.45, 7) is 11.4. The molecule has 6 heteroatoms. The predicted molar refractivity (Wildman–Crippen MR) is 96.6 cm³/mol. The number of morpholine rings is 1. The average Bonchev–Trinajstić information content (AvgIpc) is 2.46. The number of hydrogen-bond donors (Lipinski definition) is 1. The van der Waals surface area contributed by atoms with E-state index in [0.29, 0.717) is 0 Å². The molecule has 1 aliphatic heterocycles. The van der Waals surface area contributed by atoms with Gasteiger partial charge in [-0.3, -0.25) is 0 Å². The second-order valence-electron chi connectivity index (χ2n) is 6.53. The fourth-order valence-electron chi connectivity index (χ4n) is 2.29. The molecule has 1 aromatic rings. The van der Waals surface area contributed by atoms with E-state index in [2.05, 4.69) is 43.8 Å². The second-order valence-corrected chi connectivity index (χ2v) is 9.38. The Hall–Kier alpha value is -0.270. The van der Waals surface area contributed by atoms with Crippen LogP contribution in [0.5, 0.6) is 0 Å². The van der Waals surface area contributed by atoms with Gasteiger partial charge in [-0.15, -0.1) is 4.72 Å². The van der Waals surface area contributed by atoms with E-state index in [1.807, 2.05) is 27.7 Å². The molecule has 1 N–H and O–H groups in total. The second kappa shape index (κ2) is 7.53. The fourth-order valence-corrected chi connectivity index (χ4v) is 3.80. The van der Waals surface area contributed by atoms with E-state index in [1.165, 1.54) is 5.69 Å². The average molecular weight is 389 g/mol. The first-order chi connectivity index (χ1) is 10.3. The smallest absolute Gasteiger partial charge is 0.136 e. The monoisotopic (exact) mass is 388 g/mol. The number of ether oxygens (including phenoxy) is 1. The minimum atomic E-state index is -1.08. The summed E-state index contributed by atoms with van der Waals surface area (Å²) >= 11 is 2.57. The highest BCUT2D eigenvalue weighted by atomic mass is 79.9. The molecule has 1 aliphatic rings. The Balaban J connectivity index is 2.08. The SMILES string of the molecule is C[C@H](N[S@@+]([O-])C(C)(C)C)c1ccc(N2CCOCC2)cc1Br. The van der Waals surface area contributed by atoms with Gasteiger partial charge in [0.15, 0.2) is 0 Å². The fraction of sp³-hybridized carbons (Fsp3) is 0.625. The first kappa shape index (κ1) is 18.1. The van der Waals surface area contributed by atoms with Crippen molar-refractivity contribution in [3.8, 4) is 0 Å². The van der Waals surface area contributed by atoms with Crippen LogP contribution in [0, 0.1) is 0 Å². The van der Waals surface area contributed by atoms with Gasteiger partial charge < -0.3 is 14.2 Å². The molecule has 0 bridgehead atoms. The van der Waals surface area contributed by atoms with Gasteiger partial charge in [0.1, 0.15) is 4.75 Å². The molecule has 124 valence electrons. The zero-order valence-electron chi connectivity index (χ0n) is 13.7. The van der Waals surface area contributed by atoms with Gasteiger partial charge in [0.25, 0.3) is 0 Å². The lowest BCUT2D eigenvalue weighted by Gasteiger charge is -2.30. The molecule has 0 saturated carbocycles. The maximum absolute atomic E-state index is 12.2. The number of nitrogens with zero attached hydrogens (tertiary/aromatic N) is 1. The molecule has 4 nitrogen and oxygen atoms in total. The molecule has 1 heterocycles. The van der Waals surface area contributed by atoms with Crippen LogP contribution >= 0.6 is 15.9 Å². The van der Waals surface area contributed by atoms with Crippen molar-refractivity contribution in [2.24, 2.45) is 0 Å². The van der Waals surface area contributed by atoms with Crippen molar-refractivity contribution in [1.82, 2.24) is 4.72 Å². The summed E-state index contributed by atoms with van der Waals surface area (Å²) in [4.78, 5) is 2.32. The minimum Gasteiger partial charge on any atom is -0.598 e. The van der Waals surface area contributed by atoms with E-state index in [-0.39, 0.29) is 10.8 Å². The lowest BCUT2D eigenvalue weighted by atomic mass is 10.1. The maximum Gasteiger partial charge on any atom is 0.136 e. The Morgan fingerprint density at radius 1 is 1.32 bits per heavy atom. The summed E-state index contributed by atoms with van der Waals surface area (Å²) in [5.74, 6) is 0. The molecule has 0 unspecified atom stereocenters. The summed E-state index contributed by atoms with van der Waals surface area (Å²) < 4.78 is 21.6. The Bertz CT molecular complexity index is 501. The van der Waals surface area contributed by atoms with Crippen molar-refractivity contribution in [1.29, 1.82) is 0 Å². The van der Waals surface area contributed by atoms with Crippen LogP contribution in [0.25, 0.3) is 0 Å². The maximum atomic E-state index is 12.2. The molecule has 2 atom stereocenters. The lowest BCUT2D eigenvalue weighted by molar-refractivity contribution is 0.122. The minimum absolute atomic E-state index is 0.0215. The Morgan fingerprint density at radius 2 is 1.95 bits per heavy atom. The zero-order chi connectivity index (χ0) is 16.3. The van der Waals surface area contributed by atoms with Gasteiger partial charge in [0, 0.05) is 34.6 Å². The third-order valence-electron chi connectivity index (χ3n) is 3.67. The Labute approximate surface area is 145 Å². The Kier molecular flexibility index (Phi) is 6.19. The highest BCUT2D eigenvalue weighted by Gasteiger charge is 2.29. The molecule has 1 aromatic carbocycles. The topological polar surface area (TPSA) is 47.6 Å². The summed E-state index contributed by atoms with van der Waals surface area (Å²) in [5, 5.41) is 0. The molecular formula is C16H25BrN2O2S. The quantitative estimate of drug-likeness (QED) is 0.802. The van der Waals surface area contributed by atoms with Crippen LogP contribution in [0.2, 0.25) is 0 Å². The molecule has 22 heavy (non-hydrogen) atoms. The number of anilines is 1. The predicted octanol–water partition coefficient (Wildman–Crippen LogP) is 3.40. The van der Waals surface area contributed by atoms with E-state index in [9.17, 15) is 4.55 Å². The molecule has 0 amide bonds. The molecule has 0 spiro atoms. The van der Waals surface area contributed by atoms with Crippen molar-refractivity contribution >= 4 is 33.0 Å². The van der Waals surface area contributed by atoms with Crippen LogP contribution in [0.3, 0.4) is 0 Å². The molecule has 0 radical (unpaired) electrons. The number of hydrogen-bond acceptors (Lipinski definition) is 4. The van der Waals surface area contributed by atoms with Gasteiger partial charge in [-0.1, -0.05) is 22.0 Å². The van der Waals surface area contributed by atoms with Crippen LogP contribution in [0.4, 0.5) is 5.69 Å². The van der Waals surface area contributed by atoms with Crippen LogP contribution < -0.4 is 9.62 Å². The largest absolute Gasteiger partial charge is 0.598 e. The third-order valence-corrected chi connectivity index (χ3v) is 6.03. The van der Waals surface area contributed by atoms with Gasteiger partial charge in [-0.2, -0.15) is 0 Å². The van der Waals surface area contributed by atoms with Crippen molar-refractivity contribution in [2.75, 3.05) is 31.2 Å². The van der Waals surface area contributed by atoms with Crippen LogP contribution in [-0.4, -0.2) is 35.6 Å². The van der Waals surface area contributed by atoms with Gasteiger partial charge in [-0.25, -0.2) is 0 Å². The standard InChI is InChI=1S/C16H25BrN2O2S/c1-12(18-22(20)16(2,3)4)14-6-5-13(11-15(14)17)19-7-9-21-10-8-19/h5-6,11-12,18H,7-10H2,1-4H3/t12-,22-/m0/s1.